The normalized spacial score (nSPS) is 10.3. The van der Waals surface area contributed by atoms with Crippen LogP contribution in [0.3, 0.4) is 0 Å². The van der Waals surface area contributed by atoms with E-state index in [1.165, 1.54) is 0 Å². The van der Waals surface area contributed by atoms with E-state index in [2.05, 4.69) is 20.4 Å². The Bertz CT molecular complexity index is 369. The predicted molar refractivity (Wildman–Crippen MR) is 38.2 cm³/mol. The average Bonchev–Trinajstić information content (AvgIpc) is 2.50. The molecule has 0 bridgehead atoms. The molecule has 0 aromatic carbocycles. The first-order valence-electron chi connectivity index (χ1n) is 3.10. The maximum atomic E-state index is 4.95. The summed E-state index contributed by atoms with van der Waals surface area (Å²) in [6.45, 7) is 0. The number of methoxy groups -OCH3 is 1. The minimum absolute atomic E-state index is 0.603. The molecule has 5 heteroatoms. The molecule has 1 N–H and O–H groups in total. The summed E-state index contributed by atoms with van der Waals surface area (Å²) in [5, 5.41) is 10.1. The lowest BCUT2D eigenvalue weighted by atomic mass is 10.4. The Morgan fingerprint density at radius 3 is 3.18 bits per heavy atom. The number of nitrogens with zero attached hydrogens (tertiary/aromatic N) is 3. The maximum Gasteiger partial charge on any atom is 0.201 e. The van der Waals surface area contributed by atoms with Crippen molar-refractivity contribution >= 4 is 11.2 Å². The van der Waals surface area contributed by atoms with Crippen LogP contribution in [0.4, 0.5) is 0 Å². The van der Waals surface area contributed by atoms with Gasteiger partial charge in [-0.2, -0.15) is 10.3 Å². The summed E-state index contributed by atoms with van der Waals surface area (Å²) < 4.78 is 4.95. The number of nitrogens with one attached hydrogen (secondary N) is 1. The fourth-order valence-corrected chi connectivity index (χ4v) is 0.834. The fraction of sp³-hybridized carbons (Fsp3) is 0.167. The molecule has 0 saturated heterocycles. The molecule has 56 valence electrons. The van der Waals surface area contributed by atoms with Gasteiger partial charge in [0.1, 0.15) is 11.3 Å². The third kappa shape index (κ3) is 0.899. The lowest BCUT2D eigenvalue weighted by Crippen LogP contribution is -1.84. The second-order valence-corrected chi connectivity index (χ2v) is 2.04. The van der Waals surface area contributed by atoms with Gasteiger partial charge in [-0.15, -0.1) is 5.10 Å². The summed E-state index contributed by atoms with van der Waals surface area (Å²) in [6, 6.07) is 1.77. The van der Waals surface area contributed by atoms with Gasteiger partial charge in [0.25, 0.3) is 0 Å². The molecule has 2 heterocycles. The minimum Gasteiger partial charge on any atom is -0.495 e. The number of aromatic amines is 1. The molecule has 2 aromatic heterocycles. The molecule has 0 aliphatic rings. The highest BCUT2D eigenvalue weighted by molar-refractivity contribution is 5.69. The number of rotatable bonds is 1. The summed E-state index contributed by atoms with van der Waals surface area (Å²) >= 11 is 0. The number of H-pyrrole nitrogens is 1. The lowest BCUT2D eigenvalue weighted by molar-refractivity contribution is 0.413. The van der Waals surface area contributed by atoms with Crippen molar-refractivity contribution in [3.05, 3.63) is 12.3 Å². The first kappa shape index (κ1) is 6.09. The molecule has 11 heavy (non-hydrogen) atoms. The molecule has 2 rings (SSSR count). The molecule has 0 spiro atoms. The molecule has 0 aliphatic heterocycles. The van der Waals surface area contributed by atoms with E-state index < -0.39 is 0 Å². The zero-order valence-electron chi connectivity index (χ0n) is 5.90. The summed E-state index contributed by atoms with van der Waals surface area (Å²) in [6.07, 6.45) is 1.60. The summed E-state index contributed by atoms with van der Waals surface area (Å²) in [5.41, 5.74) is 1.31. The number of aromatic nitrogens is 4. The van der Waals surface area contributed by atoms with Gasteiger partial charge in [0, 0.05) is 6.07 Å². The van der Waals surface area contributed by atoms with E-state index in [0.29, 0.717) is 16.9 Å². The third-order valence-electron chi connectivity index (χ3n) is 1.38. The number of hydrogen-bond acceptors (Lipinski definition) is 4. The van der Waals surface area contributed by atoms with Crippen molar-refractivity contribution in [2.75, 3.05) is 7.11 Å². The first-order valence-corrected chi connectivity index (χ1v) is 3.10. The van der Waals surface area contributed by atoms with E-state index in [9.17, 15) is 0 Å². The predicted octanol–water partition coefficient (Wildman–Crippen LogP) is 0.361. The van der Waals surface area contributed by atoms with E-state index >= 15 is 0 Å². The molecule has 0 aliphatic carbocycles. The standard InChI is InChI=1S/C6H6N4O/c1-11-4-2-5-6(7-3-4)9-10-8-5/h2-3H,1H3,(H,7,8,9,10). The van der Waals surface area contributed by atoms with Gasteiger partial charge in [0.15, 0.2) is 0 Å². The van der Waals surface area contributed by atoms with Crippen LogP contribution in [0.15, 0.2) is 12.3 Å². The van der Waals surface area contributed by atoms with E-state index in [0.717, 1.165) is 0 Å². The smallest absolute Gasteiger partial charge is 0.201 e. The van der Waals surface area contributed by atoms with Crippen LogP contribution in [0.25, 0.3) is 11.2 Å². The number of pyridine rings is 1. The van der Waals surface area contributed by atoms with Crippen molar-refractivity contribution in [1.29, 1.82) is 0 Å². The lowest BCUT2D eigenvalue weighted by Gasteiger charge is -1.94. The molecular weight excluding hydrogens is 144 g/mol. The van der Waals surface area contributed by atoms with Crippen molar-refractivity contribution in [2.24, 2.45) is 0 Å². The van der Waals surface area contributed by atoms with E-state index in [4.69, 9.17) is 4.74 Å². The van der Waals surface area contributed by atoms with Crippen LogP contribution < -0.4 is 4.74 Å². The van der Waals surface area contributed by atoms with Crippen LogP contribution >= 0.6 is 0 Å². The van der Waals surface area contributed by atoms with Gasteiger partial charge in [-0.3, -0.25) is 0 Å². The van der Waals surface area contributed by atoms with Crippen LogP contribution in [0.1, 0.15) is 0 Å². The Balaban J connectivity index is 2.67. The molecule has 0 radical (unpaired) electrons. The second-order valence-electron chi connectivity index (χ2n) is 2.04. The van der Waals surface area contributed by atoms with Crippen LogP contribution in [-0.2, 0) is 0 Å². The minimum atomic E-state index is 0.603. The molecular formula is C6H6N4O. The number of fused-ring (bicyclic) bond motifs is 1. The van der Waals surface area contributed by atoms with Crippen molar-refractivity contribution in [2.45, 2.75) is 0 Å². The largest absolute Gasteiger partial charge is 0.495 e. The average molecular weight is 150 g/mol. The van der Waals surface area contributed by atoms with Gasteiger partial charge in [0.05, 0.1) is 13.3 Å². The van der Waals surface area contributed by atoms with Crippen LogP contribution in [-0.4, -0.2) is 27.5 Å². The van der Waals surface area contributed by atoms with E-state index in [1.54, 1.807) is 19.4 Å². The van der Waals surface area contributed by atoms with Gasteiger partial charge in [-0.05, 0) is 0 Å². The first-order chi connectivity index (χ1) is 5.40. The summed E-state index contributed by atoms with van der Waals surface area (Å²) in [4.78, 5) is 3.98. The monoisotopic (exact) mass is 150 g/mol. The Morgan fingerprint density at radius 1 is 1.45 bits per heavy atom. The van der Waals surface area contributed by atoms with Gasteiger partial charge < -0.3 is 4.74 Å². The Hall–Kier alpha value is -1.65. The van der Waals surface area contributed by atoms with Gasteiger partial charge in [0.2, 0.25) is 5.65 Å². The maximum absolute atomic E-state index is 4.95. The zero-order valence-corrected chi connectivity index (χ0v) is 5.90. The quantitative estimate of drug-likeness (QED) is 0.637. The number of hydrogen-bond donors (Lipinski definition) is 1. The fourth-order valence-electron chi connectivity index (χ4n) is 0.834. The Morgan fingerprint density at radius 2 is 2.36 bits per heavy atom. The van der Waals surface area contributed by atoms with Gasteiger partial charge in [-0.25, -0.2) is 4.98 Å². The second kappa shape index (κ2) is 2.19. The van der Waals surface area contributed by atoms with Crippen LogP contribution in [0.2, 0.25) is 0 Å². The molecule has 0 atom stereocenters. The van der Waals surface area contributed by atoms with E-state index in [-0.39, 0.29) is 0 Å². The molecule has 0 unspecified atom stereocenters. The number of ether oxygens (including phenoxy) is 1. The van der Waals surface area contributed by atoms with Crippen molar-refractivity contribution in [1.82, 2.24) is 20.4 Å². The Labute approximate surface area is 62.4 Å². The topological polar surface area (TPSA) is 63.7 Å². The van der Waals surface area contributed by atoms with Crippen LogP contribution in [0, 0.1) is 0 Å². The summed E-state index contributed by atoms with van der Waals surface area (Å²) in [5.74, 6) is 0.686. The Kier molecular flexibility index (Phi) is 1.21. The van der Waals surface area contributed by atoms with E-state index in [1.807, 2.05) is 0 Å². The summed E-state index contributed by atoms with van der Waals surface area (Å²) in [7, 11) is 1.59. The molecule has 2 aromatic rings. The van der Waals surface area contributed by atoms with Crippen molar-refractivity contribution < 1.29 is 4.74 Å². The zero-order chi connectivity index (χ0) is 7.68. The van der Waals surface area contributed by atoms with Crippen molar-refractivity contribution in [3.63, 3.8) is 0 Å². The molecule has 0 saturated carbocycles. The highest BCUT2D eigenvalue weighted by atomic mass is 16.5. The highest BCUT2D eigenvalue weighted by Gasteiger charge is 1.99. The third-order valence-corrected chi connectivity index (χ3v) is 1.38. The van der Waals surface area contributed by atoms with Crippen molar-refractivity contribution in [3.8, 4) is 5.75 Å². The molecule has 0 amide bonds. The van der Waals surface area contributed by atoms with Crippen LogP contribution in [0.5, 0.6) is 5.75 Å². The molecule has 5 nitrogen and oxygen atoms in total. The van der Waals surface area contributed by atoms with Gasteiger partial charge >= 0.3 is 0 Å². The van der Waals surface area contributed by atoms with Gasteiger partial charge in [-0.1, -0.05) is 0 Å². The highest BCUT2D eigenvalue weighted by Crippen LogP contribution is 2.12. The molecule has 0 fully saturated rings. The SMILES string of the molecule is COc1cnc2n[nH]nc2c1.